The summed E-state index contributed by atoms with van der Waals surface area (Å²) in [4.78, 5) is 24.6. The molecule has 0 saturated heterocycles. The zero-order chi connectivity index (χ0) is 20.8. The third-order valence-electron chi connectivity index (χ3n) is 4.44. The Balaban J connectivity index is 1.61. The van der Waals surface area contributed by atoms with Crippen LogP contribution in [-0.4, -0.2) is 55.2 Å². The first kappa shape index (κ1) is 20.2. The van der Waals surface area contributed by atoms with Gasteiger partial charge >= 0.3 is 0 Å². The molecule has 0 aromatic heterocycles. The van der Waals surface area contributed by atoms with Crippen LogP contribution in [0.15, 0.2) is 42.5 Å². The van der Waals surface area contributed by atoms with E-state index in [-0.39, 0.29) is 30.1 Å². The van der Waals surface area contributed by atoms with Crippen LogP contribution in [0.3, 0.4) is 0 Å². The Hall–Kier alpha value is -3.49. The number of hydrogen-bond donors (Lipinski definition) is 0. The number of nitrogens with zero attached hydrogens (tertiary/aromatic N) is 2. The Labute approximate surface area is 167 Å². The molecule has 1 amide bonds. The number of ether oxygens (including phenoxy) is 4. The second-order valence-corrected chi connectivity index (χ2v) is 6.31. The summed E-state index contributed by atoms with van der Waals surface area (Å²) in [5.41, 5.74) is -0.146. The molecule has 0 bridgehead atoms. The number of fused-ring (bicyclic) bond motifs is 1. The molecule has 9 heteroatoms. The fourth-order valence-electron chi connectivity index (χ4n) is 2.93. The molecule has 1 unspecified atom stereocenters. The molecule has 2 aromatic carbocycles. The van der Waals surface area contributed by atoms with Crippen LogP contribution in [0.25, 0.3) is 0 Å². The van der Waals surface area contributed by atoms with E-state index in [9.17, 15) is 14.9 Å². The number of benzene rings is 2. The van der Waals surface area contributed by atoms with Crippen LogP contribution in [0.1, 0.15) is 6.92 Å². The van der Waals surface area contributed by atoms with Gasteiger partial charge in [0.2, 0.25) is 0 Å². The molecule has 0 radical (unpaired) electrons. The number of non-ortho nitro benzene ring substituents is 1. The summed E-state index contributed by atoms with van der Waals surface area (Å²) >= 11 is 0. The molecule has 2 aromatic rings. The van der Waals surface area contributed by atoms with Crippen LogP contribution in [-0.2, 0) is 4.79 Å². The number of nitro groups is 1. The monoisotopic (exact) mass is 402 g/mol. The molecule has 9 nitrogen and oxygen atoms in total. The molecule has 1 aliphatic rings. The Morgan fingerprint density at radius 2 is 2.00 bits per heavy atom. The quantitative estimate of drug-likeness (QED) is 0.494. The van der Waals surface area contributed by atoms with E-state index in [0.717, 1.165) is 0 Å². The van der Waals surface area contributed by atoms with E-state index < -0.39 is 4.92 Å². The van der Waals surface area contributed by atoms with Crippen molar-refractivity contribution in [2.45, 2.75) is 13.0 Å². The van der Waals surface area contributed by atoms with E-state index in [4.69, 9.17) is 18.9 Å². The van der Waals surface area contributed by atoms with Crippen LogP contribution in [0.4, 0.5) is 5.69 Å². The third kappa shape index (κ3) is 4.87. The number of likely N-dealkylation sites (N-methyl/N-ethyl adjacent to an activating group) is 1. The number of amides is 1. The van der Waals surface area contributed by atoms with Crippen LogP contribution in [0, 0.1) is 10.1 Å². The Morgan fingerprint density at radius 1 is 1.24 bits per heavy atom. The van der Waals surface area contributed by atoms with Crippen molar-refractivity contribution in [2.24, 2.45) is 0 Å². The second kappa shape index (κ2) is 9.13. The van der Waals surface area contributed by atoms with E-state index in [0.29, 0.717) is 36.9 Å². The van der Waals surface area contributed by atoms with Gasteiger partial charge in [0.05, 0.1) is 24.6 Å². The van der Waals surface area contributed by atoms with E-state index in [1.54, 1.807) is 4.90 Å². The summed E-state index contributed by atoms with van der Waals surface area (Å²) in [6, 6.07) is 11.3. The SMILES string of the molecule is CCN(CC1COc2ccccc2O1)C(=O)COc1cc([N+](=O)[O-])ccc1OC. The van der Waals surface area contributed by atoms with Crippen molar-refractivity contribution < 1.29 is 28.7 Å². The number of rotatable bonds is 8. The van der Waals surface area contributed by atoms with E-state index in [1.807, 2.05) is 31.2 Å². The van der Waals surface area contributed by atoms with Crippen molar-refractivity contribution >= 4 is 11.6 Å². The van der Waals surface area contributed by atoms with Gasteiger partial charge in [-0.25, -0.2) is 0 Å². The number of nitro benzene ring substituents is 1. The number of para-hydroxylation sites is 2. The predicted octanol–water partition coefficient (Wildman–Crippen LogP) is 2.67. The summed E-state index contributed by atoms with van der Waals surface area (Å²) < 4.78 is 22.2. The highest BCUT2D eigenvalue weighted by Crippen LogP contribution is 2.32. The van der Waals surface area contributed by atoms with Gasteiger partial charge in [-0.2, -0.15) is 0 Å². The fraction of sp³-hybridized carbons (Fsp3) is 0.350. The number of methoxy groups -OCH3 is 1. The second-order valence-electron chi connectivity index (χ2n) is 6.31. The maximum Gasteiger partial charge on any atom is 0.273 e. The minimum atomic E-state index is -0.537. The molecular formula is C20H22N2O7. The fourth-order valence-corrected chi connectivity index (χ4v) is 2.93. The highest BCUT2D eigenvalue weighted by Gasteiger charge is 2.25. The molecule has 1 aliphatic heterocycles. The average Bonchev–Trinajstić information content (AvgIpc) is 2.75. The first-order valence-corrected chi connectivity index (χ1v) is 9.13. The van der Waals surface area contributed by atoms with Crippen LogP contribution in [0.2, 0.25) is 0 Å². The largest absolute Gasteiger partial charge is 0.493 e. The lowest BCUT2D eigenvalue weighted by molar-refractivity contribution is -0.385. The van der Waals surface area contributed by atoms with Crippen LogP contribution in [0.5, 0.6) is 23.0 Å². The molecule has 0 N–H and O–H groups in total. The van der Waals surface area contributed by atoms with Crippen molar-refractivity contribution in [1.82, 2.24) is 4.90 Å². The highest BCUT2D eigenvalue weighted by atomic mass is 16.6. The molecule has 154 valence electrons. The van der Waals surface area contributed by atoms with Crippen LogP contribution < -0.4 is 18.9 Å². The maximum atomic E-state index is 12.6. The van der Waals surface area contributed by atoms with Crippen LogP contribution >= 0.6 is 0 Å². The Bertz CT molecular complexity index is 887. The maximum absolute atomic E-state index is 12.6. The third-order valence-corrected chi connectivity index (χ3v) is 4.44. The van der Waals surface area contributed by atoms with Crippen molar-refractivity contribution in [3.8, 4) is 23.0 Å². The summed E-state index contributed by atoms with van der Waals surface area (Å²) in [5, 5.41) is 11.0. The van der Waals surface area contributed by atoms with E-state index in [1.165, 1.54) is 25.3 Å². The highest BCUT2D eigenvalue weighted by molar-refractivity contribution is 5.78. The first-order chi connectivity index (χ1) is 14.0. The van der Waals surface area contributed by atoms with Crippen molar-refractivity contribution in [2.75, 3.05) is 33.4 Å². The van der Waals surface area contributed by atoms with E-state index in [2.05, 4.69) is 0 Å². The lowest BCUT2D eigenvalue weighted by Crippen LogP contribution is -2.45. The summed E-state index contributed by atoms with van der Waals surface area (Å²) in [6.45, 7) is 2.69. The molecule has 29 heavy (non-hydrogen) atoms. The van der Waals surface area contributed by atoms with Gasteiger partial charge in [-0.05, 0) is 25.1 Å². The smallest absolute Gasteiger partial charge is 0.273 e. The molecule has 0 saturated carbocycles. The number of hydrogen-bond acceptors (Lipinski definition) is 7. The number of carbonyl (C=O) groups is 1. The minimum absolute atomic E-state index is 0.136. The molecule has 1 heterocycles. The Kier molecular flexibility index (Phi) is 6.38. The van der Waals surface area contributed by atoms with Gasteiger partial charge in [-0.15, -0.1) is 0 Å². The number of carbonyl (C=O) groups excluding carboxylic acids is 1. The van der Waals surface area contributed by atoms with Gasteiger partial charge in [0.1, 0.15) is 6.61 Å². The lowest BCUT2D eigenvalue weighted by atomic mass is 10.2. The zero-order valence-electron chi connectivity index (χ0n) is 16.2. The molecule has 0 spiro atoms. The standard InChI is InChI=1S/C20H22N2O7/c1-3-21(11-15-12-27-17-6-4-5-7-18(17)29-15)20(23)13-28-19-10-14(22(24)25)8-9-16(19)26-2/h4-10,15H,3,11-13H2,1-2H3. The molecule has 0 fully saturated rings. The predicted molar refractivity (Wildman–Crippen MR) is 104 cm³/mol. The summed E-state index contributed by atoms with van der Waals surface area (Å²) in [5.74, 6) is 1.50. The molecular weight excluding hydrogens is 380 g/mol. The molecule has 1 atom stereocenters. The van der Waals surface area contributed by atoms with Gasteiger partial charge in [0, 0.05) is 12.6 Å². The van der Waals surface area contributed by atoms with Gasteiger partial charge in [-0.1, -0.05) is 12.1 Å². The van der Waals surface area contributed by atoms with Gasteiger partial charge in [-0.3, -0.25) is 14.9 Å². The molecule has 3 rings (SSSR count). The van der Waals surface area contributed by atoms with Gasteiger partial charge in [0.15, 0.2) is 35.7 Å². The summed E-state index contributed by atoms with van der Waals surface area (Å²) in [7, 11) is 1.42. The van der Waals surface area contributed by atoms with Crippen molar-refractivity contribution in [3.05, 3.63) is 52.6 Å². The Morgan fingerprint density at radius 3 is 2.69 bits per heavy atom. The topological polar surface area (TPSA) is 100 Å². The minimum Gasteiger partial charge on any atom is -0.493 e. The normalized spacial score (nSPS) is 14.8. The molecule has 0 aliphatic carbocycles. The van der Waals surface area contributed by atoms with E-state index >= 15 is 0 Å². The van der Waals surface area contributed by atoms with Gasteiger partial charge in [0.25, 0.3) is 11.6 Å². The first-order valence-electron chi connectivity index (χ1n) is 9.13. The average molecular weight is 402 g/mol. The van der Waals surface area contributed by atoms with Crippen molar-refractivity contribution in [1.29, 1.82) is 0 Å². The summed E-state index contributed by atoms with van der Waals surface area (Å²) in [6.07, 6.45) is -0.304. The zero-order valence-corrected chi connectivity index (χ0v) is 16.2. The van der Waals surface area contributed by atoms with Gasteiger partial charge < -0.3 is 23.8 Å². The van der Waals surface area contributed by atoms with Crippen molar-refractivity contribution in [3.63, 3.8) is 0 Å². The lowest BCUT2D eigenvalue weighted by Gasteiger charge is -2.30.